The standard InChI is InChI=1S/C24H25N3O4/c1-26(2)21-11-10-17(12-25-21)16-8-6-15(7-9-16)13-27-14-18(24(30)31)23(29)22-19(27)4-3-5-20(22)28/h6-12,14,20,28H,3-5,13H2,1-2H3,(H,30,31). The molecule has 3 aromatic rings. The van der Waals surface area contributed by atoms with Crippen molar-refractivity contribution in [3.05, 3.63) is 81.4 Å². The lowest BCUT2D eigenvalue weighted by Crippen LogP contribution is -2.30. The second-order valence-electron chi connectivity index (χ2n) is 8.07. The number of carbonyl (C=O) groups is 1. The van der Waals surface area contributed by atoms with Gasteiger partial charge in [0.2, 0.25) is 5.43 Å². The number of hydrogen-bond donors (Lipinski definition) is 2. The van der Waals surface area contributed by atoms with Gasteiger partial charge in [0.1, 0.15) is 11.4 Å². The van der Waals surface area contributed by atoms with Crippen molar-refractivity contribution in [3.8, 4) is 11.1 Å². The number of rotatable bonds is 5. The zero-order valence-electron chi connectivity index (χ0n) is 17.6. The predicted octanol–water partition coefficient (Wildman–Crippen LogP) is 3.09. The summed E-state index contributed by atoms with van der Waals surface area (Å²) >= 11 is 0. The number of aromatic carboxylic acids is 1. The number of nitrogens with zero attached hydrogens (tertiary/aromatic N) is 3. The Kier molecular flexibility index (Phi) is 5.61. The maximum absolute atomic E-state index is 12.6. The number of aliphatic hydroxyl groups excluding tert-OH is 1. The van der Waals surface area contributed by atoms with E-state index < -0.39 is 17.5 Å². The number of pyridine rings is 2. The van der Waals surface area contributed by atoms with Crippen molar-refractivity contribution in [3.63, 3.8) is 0 Å². The molecule has 4 rings (SSSR count). The average Bonchev–Trinajstić information content (AvgIpc) is 2.76. The molecule has 2 aromatic heterocycles. The van der Waals surface area contributed by atoms with Crippen molar-refractivity contribution < 1.29 is 15.0 Å². The predicted molar refractivity (Wildman–Crippen MR) is 119 cm³/mol. The molecule has 7 heteroatoms. The average molecular weight is 419 g/mol. The van der Waals surface area contributed by atoms with Gasteiger partial charge in [-0.25, -0.2) is 9.78 Å². The molecule has 2 heterocycles. The highest BCUT2D eigenvalue weighted by atomic mass is 16.4. The van der Waals surface area contributed by atoms with Crippen LogP contribution in [0.4, 0.5) is 5.82 Å². The Labute approximate surface area is 180 Å². The van der Waals surface area contributed by atoms with E-state index in [0.717, 1.165) is 34.6 Å². The van der Waals surface area contributed by atoms with Crippen LogP contribution in [0.2, 0.25) is 0 Å². The van der Waals surface area contributed by atoms with Gasteiger partial charge in [-0.15, -0.1) is 0 Å². The normalized spacial score (nSPS) is 15.4. The van der Waals surface area contributed by atoms with Gasteiger partial charge in [0.05, 0.1) is 6.10 Å². The zero-order valence-corrected chi connectivity index (χ0v) is 17.6. The third-order valence-corrected chi connectivity index (χ3v) is 5.73. The second kappa shape index (κ2) is 8.35. The molecule has 1 aliphatic carbocycles. The fourth-order valence-electron chi connectivity index (χ4n) is 4.07. The van der Waals surface area contributed by atoms with Crippen LogP contribution in [0.5, 0.6) is 0 Å². The Hall–Kier alpha value is -3.45. The molecule has 2 N–H and O–H groups in total. The van der Waals surface area contributed by atoms with Crippen molar-refractivity contribution in [2.75, 3.05) is 19.0 Å². The number of hydrogen-bond acceptors (Lipinski definition) is 5. The molecule has 1 aromatic carbocycles. The molecule has 0 amide bonds. The Morgan fingerprint density at radius 1 is 1.16 bits per heavy atom. The van der Waals surface area contributed by atoms with E-state index in [2.05, 4.69) is 4.98 Å². The minimum absolute atomic E-state index is 0.231. The maximum atomic E-state index is 12.6. The van der Waals surface area contributed by atoms with E-state index in [1.54, 1.807) is 4.57 Å². The minimum atomic E-state index is -1.27. The first-order valence-corrected chi connectivity index (χ1v) is 10.3. The van der Waals surface area contributed by atoms with Crippen molar-refractivity contribution in [2.24, 2.45) is 0 Å². The molecule has 0 saturated heterocycles. The van der Waals surface area contributed by atoms with E-state index in [9.17, 15) is 19.8 Å². The third kappa shape index (κ3) is 4.09. The Morgan fingerprint density at radius 2 is 1.87 bits per heavy atom. The Bertz CT molecular complexity index is 1170. The van der Waals surface area contributed by atoms with Crippen molar-refractivity contribution in [2.45, 2.75) is 31.9 Å². The Balaban J connectivity index is 1.65. The summed E-state index contributed by atoms with van der Waals surface area (Å²) in [5.41, 5.74) is 3.10. The summed E-state index contributed by atoms with van der Waals surface area (Å²) in [5, 5.41) is 19.8. The molecule has 0 bridgehead atoms. The van der Waals surface area contributed by atoms with E-state index in [0.29, 0.717) is 19.4 Å². The van der Waals surface area contributed by atoms with E-state index in [1.807, 2.05) is 61.6 Å². The third-order valence-electron chi connectivity index (χ3n) is 5.73. The summed E-state index contributed by atoms with van der Waals surface area (Å²) < 4.78 is 1.80. The maximum Gasteiger partial charge on any atom is 0.341 e. The lowest BCUT2D eigenvalue weighted by molar-refractivity contribution is 0.0693. The summed E-state index contributed by atoms with van der Waals surface area (Å²) in [7, 11) is 3.89. The molecule has 160 valence electrons. The molecular weight excluding hydrogens is 394 g/mol. The highest BCUT2D eigenvalue weighted by Gasteiger charge is 2.27. The molecular formula is C24H25N3O4. The van der Waals surface area contributed by atoms with Crippen LogP contribution in [0.3, 0.4) is 0 Å². The van der Waals surface area contributed by atoms with Gasteiger partial charge in [-0.3, -0.25) is 4.79 Å². The SMILES string of the molecule is CN(C)c1ccc(-c2ccc(Cn3cc(C(=O)O)c(=O)c4c3CCCC4O)cc2)cn1. The molecule has 0 radical (unpaired) electrons. The molecule has 1 unspecified atom stereocenters. The summed E-state index contributed by atoms with van der Waals surface area (Å²) in [4.78, 5) is 30.5. The molecule has 0 fully saturated rings. The van der Waals surface area contributed by atoms with Crippen LogP contribution in [-0.2, 0) is 13.0 Å². The van der Waals surface area contributed by atoms with Gasteiger partial charge < -0.3 is 19.7 Å². The van der Waals surface area contributed by atoms with Gasteiger partial charge in [0, 0.05) is 49.9 Å². The molecule has 0 spiro atoms. The fraction of sp³-hybridized carbons (Fsp3) is 0.292. The number of carboxylic acids is 1. The van der Waals surface area contributed by atoms with E-state index in [1.165, 1.54) is 6.20 Å². The van der Waals surface area contributed by atoms with Gasteiger partial charge in [-0.1, -0.05) is 24.3 Å². The smallest absolute Gasteiger partial charge is 0.341 e. The summed E-state index contributed by atoms with van der Waals surface area (Å²) in [6.07, 6.45) is 4.20. The van der Waals surface area contributed by atoms with Gasteiger partial charge in [-0.05, 0) is 42.5 Å². The number of aromatic nitrogens is 2. The molecule has 7 nitrogen and oxygen atoms in total. The van der Waals surface area contributed by atoms with Crippen molar-refractivity contribution in [1.82, 2.24) is 9.55 Å². The first kappa shape index (κ1) is 20.8. The van der Waals surface area contributed by atoms with Gasteiger partial charge in [-0.2, -0.15) is 0 Å². The Morgan fingerprint density at radius 3 is 2.48 bits per heavy atom. The molecule has 1 atom stereocenters. The number of carboxylic acid groups (broad SMARTS) is 1. The fourth-order valence-corrected chi connectivity index (χ4v) is 4.07. The highest BCUT2D eigenvalue weighted by molar-refractivity contribution is 5.87. The zero-order chi connectivity index (χ0) is 22.1. The monoisotopic (exact) mass is 419 g/mol. The van der Waals surface area contributed by atoms with Gasteiger partial charge in [0.25, 0.3) is 0 Å². The largest absolute Gasteiger partial charge is 0.477 e. The summed E-state index contributed by atoms with van der Waals surface area (Å²) in [6, 6.07) is 12.0. The van der Waals surface area contributed by atoms with Crippen LogP contribution >= 0.6 is 0 Å². The quantitative estimate of drug-likeness (QED) is 0.660. The first-order chi connectivity index (χ1) is 14.8. The first-order valence-electron chi connectivity index (χ1n) is 10.3. The topological polar surface area (TPSA) is 95.7 Å². The number of fused-ring (bicyclic) bond motifs is 1. The van der Waals surface area contributed by atoms with Crippen molar-refractivity contribution >= 4 is 11.8 Å². The summed E-state index contributed by atoms with van der Waals surface area (Å²) in [6.45, 7) is 0.424. The molecule has 0 saturated carbocycles. The molecule has 31 heavy (non-hydrogen) atoms. The second-order valence-corrected chi connectivity index (χ2v) is 8.07. The van der Waals surface area contributed by atoms with Gasteiger partial charge >= 0.3 is 5.97 Å². The van der Waals surface area contributed by atoms with Crippen LogP contribution in [0.25, 0.3) is 11.1 Å². The lowest BCUT2D eigenvalue weighted by Gasteiger charge is -2.25. The van der Waals surface area contributed by atoms with Crippen molar-refractivity contribution in [1.29, 1.82) is 0 Å². The van der Waals surface area contributed by atoms with E-state index in [4.69, 9.17) is 0 Å². The number of benzene rings is 1. The van der Waals surface area contributed by atoms with Crippen LogP contribution in [0, 0.1) is 0 Å². The van der Waals surface area contributed by atoms with Gasteiger partial charge in [0.15, 0.2) is 0 Å². The highest BCUT2D eigenvalue weighted by Crippen LogP contribution is 2.28. The van der Waals surface area contributed by atoms with Crippen LogP contribution in [0.1, 0.15) is 46.1 Å². The minimum Gasteiger partial charge on any atom is -0.477 e. The summed E-state index contributed by atoms with van der Waals surface area (Å²) in [5.74, 6) is -0.386. The van der Waals surface area contributed by atoms with Crippen LogP contribution in [0.15, 0.2) is 53.6 Å². The molecule has 1 aliphatic rings. The van der Waals surface area contributed by atoms with Crippen LogP contribution in [-0.4, -0.2) is 39.8 Å². The number of aliphatic hydroxyl groups is 1. The number of anilines is 1. The van der Waals surface area contributed by atoms with E-state index >= 15 is 0 Å². The van der Waals surface area contributed by atoms with E-state index in [-0.39, 0.29) is 11.1 Å². The lowest BCUT2D eigenvalue weighted by atomic mass is 9.91. The molecule has 0 aliphatic heterocycles. The van der Waals surface area contributed by atoms with Crippen LogP contribution < -0.4 is 10.3 Å².